The first-order valence-corrected chi connectivity index (χ1v) is 5.76. The molecule has 2 N–H and O–H groups in total. The van der Waals surface area contributed by atoms with Crippen molar-refractivity contribution < 1.29 is 9.50 Å². The number of halogens is 1. The van der Waals surface area contributed by atoms with E-state index in [2.05, 4.69) is 5.32 Å². The Morgan fingerprint density at radius 2 is 2.12 bits per heavy atom. The highest BCUT2D eigenvalue weighted by atomic mass is 19.1. The number of hydrogen-bond donors (Lipinski definition) is 2. The molecule has 1 aliphatic carbocycles. The Bertz CT molecular complexity index is 365. The van der Waals surface area contributed by atoms with Gasteiger partial charge in [-0.3, -0.25) is 0 Å². The van der Waals surface area contributed by atoms with Crippen LogP contribution in [0.1, 0.15) is 25.3 Å². The van der Waals surface area contributed by atoms with Crippen molar-refractivity contribution in [2.45, 2.75) is 25.3 Å². The van der Waals surface area contributed by atoms with E-state index in [9.17, 15) is 9.50 Å². The first-order chi connectivity index (χ1) is 7.65. The van der Waals surface area contributed by atoms with E-state index in [1.165, 1.54) is 18.9 Å². The summed E-state index contributed by atoms with van der Waals surface area (Å²) < 4.78 is 13.7. The Labute approximate surface area is 95.5 Å². The molecule has 1 unspecified atom stereocenters. The highest BCUT2D eigenvalue weighted by Gasteiger charge is 2.31. The molecule has 0 radical (unpaired) electrons. The molecule has 16 heavy (non-hydrogen) atoms. The maximum absolute atomic E-state index is 13.7. The van der Waals surface area contributed by atoms with Crippen molar-refractivity contribution >= 4 is 0 Å². The topological polar surface area (TPSA) is 32.3 Å². The minimum atomic E-state index is -0.673. The number of aliphatic hydroxyl groups is 1. The fourth-order valence-electron chi connectivity index (χ4n) is 1.84. The normalized spacial score (nSPS) is 19.4. The Kier molecular flexibility index (Phi) is 3.26. The molecule has 0 bridgehead atoms. The van der Waals surface area contributed by atoms with Crippen LogP contribution >= 0.6 is 0 Å². The lowest BCUT2D eigenvalue weighted by Crippen LogP contribution is -2.44. The van der Waals surface area contributed by atoms with Crippen molar-refractivity contribution in [3.05, 3.63) is 35.6 Å². The minimum absolute atomic E-state index is 0.0966. The van der Waals surface area contributed by atoms with Crippen LogP contribution in [-0.2, 0) is 5.54 Å². The van der Waals surface area contributed by atoms with Gasteiger partial charge in [-0.2, -0.15) is 0 Å². The monoisotopic (exact) mass is 223 g/mol. The molecule has 1 atom stereocenters. The summed E-state index contributed by atoms with van der Waals surface area (Å²) in [5.74, 6) is 0.444. The second kappa shape index (κ2) is 4.52. The average Bonchev–Trinajstić information content (AvgIpc) is 3.10. The maximum Gasteiger partial charge on any atom is 0.128 e. The van der Waals surface area contributed by atoms with E-state index in [4.69, 9.17) is 0 Å². The van der Waals surface area contributed by atoms with Crippen molar-refractivity contribution in [1.29, 1.82) is 0 Å². The van der Waals surface area contributed by atoms with Crippen molar-refractivity contribution in [2.24, 2.45) is 5.92 Å². The SMILES string of the molecule is CC(CO)(NCC1CC1)c1ccccc1F. The summed E-state index contributed by atoms with van der Waals surface area (Å²) in [6.45, 7) is 2.60. The van der Waals surface area contributed by atoms with Gasteiger partial charge >= 0.3 is 0 Å². The summed E-state index contributed by atoms with van der Waals surface area (Å²) in [6.07, 6.45) is 2.48. The van der Waals surface area contributed by atoms with Gasteiger partial charge in [-0.15, -0.1) is 0 Å². The summed E-state index contributed by atoms with van der Waals surface area (Å²) in [6, 6.07) is 6.62. The molecule has 2 nitrogen and oxygen atoms in total. The Morgan fingerprint density at radius 3 is 2.69 bits per heavy atom. The van der Waals surface area contributed by atoms with Crippen molar-refractivity contribution in [1.82, 2.24) is 5.32 Å². The van der Waals surface area contributed by atoms with Crippen LogP contribution in [0.5, 0.6) is 0 Å². The molecule has 1 aromatic rings. The maximum atomic E-state index is 13.7. The molecule has 0 aliphatic heterocycles. The number of hydrogen-bond acceptors (Lipinski definition) is 2. The lowest BCUT2D eigenvalue weighted by molar-refractivity contribution is 0.170. The third kappa shape index (κ3) is 2.42. The van der Waals surface area contributed by atoms with Gasteiger partial charge in [-0.05, 0) is 38.3 Å². The molecule has 0 heterocycles. The third-order valence-corrected chi connectivity index (χ3v) is 3.26. The Hall–Kier alpha value is -0.930. The molecule has 1 fully saturated rings. The molecule has 0 saturated heterocycles. The van der Waals surface area contributed by atoms with Crippen molar-refractivity contribution in [3.63, 3.8) is 0 Å². The lowest BCUT2D eigenvalue weighted by atomic mass is 9.92. The van der Waals surface area contributed by atoms with Crippen molar-refractivity contribution in [2.75, 3.05) is 13.2 Å². The average molecular weight is 223 g/mol. The molecule has 0 aromatic heterocycles. The van der Waals surface area contributed by atoms with Crippen molar-refractivity contribution in [3.8, 4) is 0 Å². The largest absolute Gasteiger partial charge is 0.394 e. The number of rotatable bonds is 5. The van der Waals surface area contributed by atoms with Gasteiger partial charge in [-0.1, -0.05) is 18.2 Å². The zero-order valence-corrected chi connectivity index (χ0v) is 9.54. The third-order valence-electron chi connectivity index (χ3n) is 3.26. The van der Waals surface area contributed by atoms with Crippen LogP contribution in [0.4, 0.5) is 4.39 Å². The Morgan fingerprint density at radius 1 is 1.44 bits per heavy atom. The lowest BCUT2D eigenvalue weighted by Gasteiger charge is -2.30. The van der Waals surface area contributed by atoms with Crippen LogP contribution in [0.25, 0.3) is 0 Å². The van der Waals surface area contributed by atoms with E-state index in [-0.39, 0.29) is 12.4 Å². The fourth-order valence-corrected chi connectivity index (χ4v) is 1.84. The quantitative estimate of drug-likeness (QED) is 0.800. The first kappa shape index (κ1) is 11.6. The van der Waals surface area contributed by atoms with Gasteiger partial charge in [0, 0.05) is 5.56 Å². The highest BCUT2D eigenvalue weighted by Crippen LogP contribution is 2.30. The molecule has 1 aromatic carbocycles. The second-order valence-electron chi connectivity index (χ2n) is 4.79. The van der Waals surface area contributed by atoms with Crippen LogP contribution in [-0.4, -0.2) is 18.3 Å². The zero-order chi connectivity index (χ0) is 11.6. The molecule has 3 heteroatoms. The van der Waals surface area contributed by atoms with E-state index in [0.29, 0.717) is 11.5 Å². The fraction of sp³-hybridized carbons (Fsp3) is 0.538. The van der Waals surface area contributed by atoms with Crippen LogP contribution in [0.2, 0.25) is 0 Å². The molecule has 1 aliphatic rings. The summed E-state index contributed by atoms with van der Waals surface area (Å²) in [7, 11) is 0. The van der Waals surface area contributed by atoms with Gasteiger partial charge in [0.05, 0.1) is 12.1 Å². The predicted octanol–water partition coefficient (Wildman–Crippen LogP) is 2.03. The Balaban J connectivity index is 2.15. The van der Waals surface area contributed by atoms with Crippen LogP contribution in [0.3, 0.4) is 0 Å². The number of aliphatic hydroxyl groups excluding tert-OH is 1. The number of nitrogens with one attached hydrogen (secondary N) is 1. The van der Waals surface area contributed by atoms with Gasteiger partial charge in [-0.25, -0.2) is 4.39 Å². The second-order valence-corrected chi connectivity index (χ2v) is 4.79. The van der Waals surface area contributed by atoms with E-state index >= 15 is 0 Å². The first-order valence-electron chi connectivity index (χ1n) is 5.76. The molecule has 1 saturated carbocycles. The molecule has 0 spiro atoms. The summed E-state index contributed by atoms with van der Waals surface area (Å²) in [5.41, 5.74) is -0.133. The summed E-state index contributed by atoms with van der Waals surface area (Å²) in [4.78, 5) is 0. The van der Waals surface area contributed by atoms with Gasteiger partial charge < -0.3 is 10.4 Å². The van der Waals surface area contributed by atoms with Gasteiger partial charge in [0.1, 0.15) is 5.82 Å². The molecule has 0 amide bonds. The molecule has 88 valence electrons. The number of benzene rings is 1. The van der Waals surface area contributed by atoms with Gasteiger partial charge in [0.25, 0.3) is 0 Å². The van der Waals surface area contributed by atoms with Crippen LogP contribution in [0, 0.1) is 11.7 Å². The molecular formula is C13H18FNO. The van der Waals surface area contributed by atoms with Crippen LogP contribution < -0.4 is 5.32 Å². The highest BCUT2D eigenvalue weighted by molar-refractivity contribution is 5.25. The van der Waals surface area contributed by atoms with E-state index in [1.54, 1.807) is 18.2 Å². The summed E-state index contributed by atoms with van der Waals surface area (Å²) >= 11 is 0. The minimum Gasteiger partial charge on any atom is -0.394 e. The van der Waals surface area contributed by atoms with Crippen LogP contribution in [0.15, 0.2) is 24.3 Å². The molecular weight excluding hydrogens is 205 g/mol. The van der Waals surface area contributed by atoms with E-state index in [0.717, 1.165) is 6.54 Å². The van der Waals surface area contributed by atoms with E-state index < -0.39 is 5.54 Å². The molecule has 2 rings (SSSR count). The predicted molar refractivity (Wildman–Crippen MR) is 61.6 cm³/mol. The van der Waals surface area contributed by atoms with Gasteiger partial charge in [0.2, 0.25) is 0 Å². The summed E-state index contributed by atoms with van der Waals surface area (Å²) in [5, 5.41) is 12.7. The zero-order valence-electron chi connectivity index (χ0n) is 9.54. The smallest absolute Gasteiger partial charge is 0.128 e. The standard InChI is InChI=1S/C13H18FNO/c1-13(9-16,15-8-10-6-7-10)11-4-2-3-5-12(11)14/h2-5,10,15-16H,6-9H2,1H3. The van der Waals surface area contributed by atoms with Gasteiger partial charge in [0.15, 0.2) is 0 Å². The van der Waals surface area contributed by atoms with E-state index in [1.807, 2.05) is 6.92 Å².